The van der Waals surface area contributed by atoms with E-state index >= 15 is 0 Å². The molecule has 0 amide bonds. The second kappa shape index (κ2) is 8.45. The number of ether oxygens (including phenoxy) is 2. The van der Waals surface area contributed by atoms with Crippen LogP contribution in [0.4, 0.5) is 0 Å². The average Bonchev–Trinajstić information content (AvgIpc) is 3.15. The molecule has 0 saturated heterocycles. The molecule has 7 heteroatoms. The summed E-state index contributed by atoms with van der Waals surface area (Å²) in [5.41, 5.74) is 2.60. The Labute approximate surface area is 171 Å². The molecule has 3 rings (SSSR count). The molecule has 2 aromatic carbocycles. The first-order chi connectivity index (χ1) is 13.0. The molecule has 0 saturated carbocycles. The Hall–Kier alpha value is -2.52. The summed E-state index contributed by atoms with van der Waals surface area (Å²) in [6.07, 6.45) is 1.73. The second-order valence-electron chi connectivity index (χ2n) is 5.44. The van der Waals surface area contributed by atoms with Gasteiger partial charge in [-0.2, -0.15) is 5.26 Å². The highest BCUT2D eigenvalue weighted by Gasteiger charge is 2.13. The maximum absolute atomic E-state index is 9.63. The zero-order valence-corrected chi connectivity index (χ0v) is 16.8. The number of allylic oxidation sites excluding steroid dienone is 1. The van der Waals surface area contributed by atoms with Gasteiger partial charge < -0.3 is 9.47 Å². The summed E-state index contributed by atoms with van der Waals surface area (Å²) in [6.45, 7) is 0. The smallest absolute Gasteiger partial charge is 0.134 e. The number of rotatable bonds is 5. The minimum atomic E-state index is 0.419. The van der Waals surface area contributed by atoms with Gasteiger partial charge in [-0.05, 0) is 42.5 Å². The Balaban J connectivity index is 2.01. The van der Waals surface area contributed by atoms with E-state index in [1.165, 1.54) is 11.3 Å². The topological polar surface area (TPSA) is 55.1 Å². The maximum atomic E-state index is 9.63. The van der Waals surface area contributed by atoms with Crippen LogP contribution in [0.2, 0.25) is 10.0 Å². The fourth-order valence-corrected chi connectivity index (χ4v) is 3.76. The molecule has 0 fully saturated rings. The first-order valence-electron chi connectivity index (χ1n) is 7.81. The molecule has 0 atom stereocenters. The van der Waals surface area contributed by atoms with Gasteiger partial charge in [0, 0.05) is 21.5 Å². The summed E-state index contributed by atoms with van der Waals surface area (Å²) in [4.78, 5) is 4.56. The number of aromatic nitrogens is 1. The van der Waals surface area contributed by atoms with Gasteiger partial charge in [0.15, 0.2) is 0 Å². The van der Waals surface area contributed by atoms with Gasteiger partial charge in [-0.1, -0.05) is 23.2 Å². The molecule has 0 aliphatic heterocycles. The van der Waals surface area contributed by atoms with Crippen LogP contribution in [0, 0.1) is 11.3 Å². The van der Waals surface area contributed by atoms with Gasteiger partial charge in [0.25, 0.3) is 0 Å². The number of nitrogens with zero attached hydrogens (tertiary/aromatic N) is 2. The van der Waals surface area contributed by atoms with Gasteiger partial charge in [-0.15, -0.1) is 11.3 Å². The summed E-state index contributed by atoms with van der Waals surface area (Å²) in [5.74, 6) is 1.31. The van der Waals surface area contributed by atoms with Crippen molar-refractivity contribution in [3.63, 3.8) is 0 Å². The van der Waals surface area contributed by atoms with E-state index in [1.807, 2.05) is 11.4 Å². The molecule has 136 valence electrons. The van der Waals surface area contributed by atoms with E-state index in [0.29, 0.717) is 37.8 Å². The Morgan fingerprint density at radius 3 is 2.63 bits per heavy atom. The quantitative estimate of drug-likeness (QED) is 0.464. The monoisotopic (exact) mass is 416 g/mol. The molecule has 0 N–H and O–H groups in total. The zero-order chi connectivity index (χ0) is 19.4. The summed E-state index contributed by atoms with van der Waals surface area (Å²) in [6, 6.07) is 12.8. The summed E-state index contributed by atoms with van der Waals surface area (Å²) < 4.78 is 10.6. The molecule has 0 aliphatic carbocycles. The SMILES string of the molecule is COc1ccc(OC)c(/C=C(\C#N)c2nc(-c3ccc(Cl)cc3Cl)cs2)c1. The fourth-order valence-electron chi connectivity index (χ4n) is 2.47. The molecule has 0 bridgehead atoms. The maximum Gasteiger partial charge on any atom is 0.134 e. The lowest BCUT2D eigenvalue weighted by molar-refractivity contribution is 0.402. The van der Waals surface area contributed by atoms with Crippen LogP contribution in [-0.4, -0.2) is 19.2 Å². The van der Waals surface area contributed by atoms with Crippen LogP contribution in [0.3, 0.4) is 0 Å². The molecule has 3 aromatic rings. The van der Waals surface area contributed by atoms with E-state index in [-0.39, 0.29) is 0 Å². The van der Waals surface area contributed by atoms with Crippen LogP contribution in [-0.2, 0) is 0 Å². The van der Waals surface area contributed by atoms with Crippen molar-refractivity contribution in [3.05, 3.63) is 62.4 Å². The second-order valence-corrected chi connectivity index (χ2v) is 7.14. The standard InChI is InChI=1S/C20H14Cl2N2O2S/c1-25-15-4-6-19(26-2)12(8-15)7-13(10-23)20-24-18(11-27-20)16-5-3-14(21)9-17(16)22/h3-9,11H,1-2H3/b13-7+. The summed E-state index contributed by atoms with van der Waals surface area (Å²) in [5, 5.41) is 13.1. The molecular formula is C20H14Cl2N2O2S. The van der Waals surface area contributed by atoms with Crippen molar-refractivity contribution in [1.82, 2.24) is 4.98 Å². The number of benzene rings is 2. The third kappa shape index (κ3) is 4.25. The molecule has 1 aromatic heterocycles. The molecule has 0 spiro atoms. The van der Waals surface area contributed by atoms with Crippen molar-refractivity contribution in [2.75, 3.05) is 14.2 Å². The van der Waals surface area contributed by atoms with Gasteiger partial charge in [-0.25, -0.2) is 4.98 Å². The molecule has 0 radical (unpaired) electrons. The number of nitriles is 1. The van der Waals surface area contributed by atoms with Crippen molar-refractivity contribution in [3.8, 4) is 28.8 Å². The highest BCUT2D eigenvalue weighted by molar-refractivity contribution is 7.11. The highest BCUT2D eigenvalue weighted by Crippen LogP contribution is 2.34. The molecule has 1 heterocycles. The lowest BCUT2D eigenvalue weighted by Gasteiger charge is -2.07. The Morgan fingerprint density at radius 2 is 1.96 bits per heavy atom. The summed E-state index contributed by atoms with van der Waals surface area (Å²) >= 11 is 13.6. The Kier molecular flexibility index (Phi) is 6.02. The number of halogens is 2. The minimum Gasteiger partial charge on any atom is -0.497 e. The number of thiazole rings is 1. The van der Waals surface area contributed by atoms with Gasteiger partial charge in [0.2, 0.25) is 0 Å². The lowest BCUT2D eigenvalue weighted by atomic mass is 10.1. The van der Waals surface area contributed by atoms with Gasteiger partial charge in [-0.3, -0.25) is 0 Å². The van der Waals surface area contributed by atoms with Crippen molar-refractivity contribution in [2.24, 2.45) is 0 Å². The minimum absolute atomic E-state index is 0.419. The predicted octanol–water partition coefficient (Wildman–Crippen LogP) is 6.20. The normalized spacial score (nSPS) is 11.1. The van der Waals surface area contributed by atoms with Crippen LogP contribution >= 0.6 is 34.5 Å². The fraction of sp³-hybridized carbons (Fsp3) is 0.100. The highest BCUT2D eigenvalue weighted by atomic mass is 35.5. The lowest BCUT2D eigenvalue weighted by Crippen LogP contribution is -1.90. The average molecular weight is 417 g/mol. The van der Waals surface area contributed by atoms with E-state index in [2.05, 4.69) is 11.1 Å². The number of methoxy groups -OCH3 is 2. The van der Waals surface area contributed by atoms with E-state index < -0.39 is 0 Å². The summed E-state index contributed by atoms with van der Waals surface area (Å²) in [7, 11) is 3.17. The zero-order valence-electron chi connectivity index (χ0n) is 14.5. The Bertz CT molecular complexity index is 1050. The van der Waals surface area contributed by atoms with E-state index in [9.17, 15) is 5.26 Å². The largest absolute Gasteiger partial charge is 0.497 e. The third-order valence-electron chi connectivity index (χ3n) is 3.80. The molecule has 4 nitrogen and oxygen atoms in total. The Morgan fingerprint density at radius 1 is 1.15 bits per heavy atom. The van der Waals surface area contributed by atoms with Gasteiger partial charge in [0.05, 0.1) is 30.5 Å². The van der Waals surface area contributed by atoms with Crippen LogP contribution in [0.1, 0.15) is 10.6 Å². The van der Waals surface area contributed by atoms with E-state index in [0.717, 1.165) is 11.1 Å². The first kappa shape index (κ1) is 19.2. The van der Waals surface area contributed by atoms with Crippen molar-refractivity contribution in [1.29, 1.82) is 5.26 Å². The first-order valence-corrected chi connectivity index (χ1v) is 9.44. The van der Waals surface area contributed by atoms with Crippen molar-refractivity contribution in [2.45, 2.75) is 0 Å². The van der Waals surface area contributed by atoms with Crippen LogP contribution in [0.15, 0.2) is 41.8 Å². The number of hydrogen-bond donors (Lipinski definition) is 0. The third-order valence-corrected chi connectivity index (χ3v) is 5.22. The molecule has 27 heavy (non-hydrogen) atoms. The predicted molar refractivity (Wildman–Crippen MR) is 111 cm³/mol. The van der Waals surface area contributed by atoms with Crippen LogP contribution < -0.4 is 9.47 Å². The van der Waals surface area contributed by atoms with Crippen LogP contribution in [0.25, 0.3) is 22.9 Å². The number of hydrogen-bond acceptors (Lipinski definition) is 5. The van der Waals surface area contributed by atoms with Crippen LogP contribution in [0.5, 0.6) is 11.5 Å². The molecular weight excluding hydrogens is 403 g/mol. The van der Waals surface area contributed by atoms with Gasteiger partial charge in [0.1, 0.15) is 22.6 Å². The molecule has 0 aliphatic rings. The van der Waals surface area contributed by atoms with E-state index in [1.54, 1.807) is 50.6 Å². The molecule has 0 unspecified atom stereocenters. The van der Waals surface area contributed by atoms with Crippen molar-refractivity contribution < 1.29 is 9.47 Å². The van der Waals surface area contributed by atoms with Crippen molar-refractivity contribution >= 4 is 46.2 Å². The van der Waals surface area contributed by atoms with Gasteiger partial charge >= 0.3 is 0 Å². The van der Waals surface area contributed by atoms with E-state index in [4.69, 9.17) is 32.7 Å².